The Kier molecular flexibility index (Phi) is 7.19. The van der Waals surface area contributed by atoms with Gasteiger partial charge in [-0.1, -0.05) is 12.1 Å². The molecular weight excluding hydrogens is 458 g/mol. The molecule has 2 heterocycles. The van der Waals surface area contributed by atoms with Gasteiger partial charge < -0.3 is 24.1 Å². The molecule has 34 heavy (non-hydrogen) atoms. The van der Waals surface area contributed by atoms with Gasteiger partial charge in [0, 0.05) is 24.9 Å². The van der Waals surface area contributed by atoms with E-state index < -0.39 is 15.9 Å². The van der Waals surface area contributed by atoms with E-state index in [-0.39, 0.29) is 4.90 Å². The zero-order chi connectivity index (χ0) is 24.0. The fraction of sp³-hybridized carbons (Fsp3) is 0.208. The van der Waals surface area contributed by atoms with Crippen LogP contribution < -0.4 is 19.7 Å². The summed E-state index contributed by atoms with van der Waals surface area (Å²) in [6.07, 6.45) is 4.35. The summed E-state index contributed by atoms with van der Waals surface area (Å²) < 4.78 is 45.5. The summed E-state index contributed by atoms with van der Waals surface area (Å²) >= 11 is 0. The number of sulfonamides is 1. The van der Waals surface area contributed by atoms with Crippen LogP contribution >= 0.6 is 0 Å². The Morgan fingerprint density at radius 2 is 1.88 bits per heavy atom. The van der Waals surface area contributed by atoms with Crippen LogP contribution in [0.1, 0.15) is 5.76 Å². The normalized spacial score (nSPS) is 14.2. The lowest BCUT2D eigenvalue weighted by atomic mass is 10.2. The first kappa shape index (κ1) is 23.4. The number of carbonyl (C=O) groups excluding carboxylic acids is 1. The number of ether oxygens (including phenoxy) is 2. The molecule has 10 heteroatoms. The maximum Gasteiger partial charge on any atom is 0.264 e. The number of anilines is 3. The Morgan fingerprint density at radius 3 is 2.62 bits per heavy atom. The molecule has 0 unspecified atom stereocenters. The highest BCUT2D eigenvalue weighted by Gasteiger charge is 2.25. The van der Waals surface area contributed by atoms with Gasteiger partial charge in [0.15, 0.2) is 0 Å². The number of para-hydroxylation sites is 2. The van der Waals surface area contributed by atoms with Crippen molar-refractivity contribution in [1.29, 1.82) is 0 Å². The summed E-state index contributed by atoms with van der Waals surface area (Å²) in [5.74, 6) is 0.505. The number of rotatable bonds is 8. The highest BCUT2D eigenvalue weighted by molar-refractivity contribution is 7.93. The summed E-state index contributed by atoms with van der Waals surface area (Å²) in [4.78, 5) is 14.4. The first-order valence-corrected chi connectivity index (χ1v) is 12.1. The molecule has 2 aromatic carbocycles. The third kappa shape index (κ3) is 5.59. The Bertz CT molecular complexity index is 1270. The zero-order valence-electron chi connectivity index (χ0n) is 18.6. The van der Waals surface area contributed by atoms with Gasteiger partial charge in [-0.2, -0.15) is 0 Å². The van der Waals surface area contributed by atoms with Crippen molar-refractivity contribution in [1.82, 2.24) is 0 Å². The standard InChI is InChI=1S/C24H25N3O6S/c1-31-22-7-3-2-6-20(22)26-34(29,30)23-17-18(8-10-21(23)27-12-15-32-16-13-27)25-24(28)11-9-19-5-4-14-33-19/h2-11,14,17,26H,12-13,15-16H2,1H3,(H,25,28). The number of morpholine rings is 1. The molecule has 1 aliphatic rings. The molecule has 1 saturated heterocycles. The van der Waals surface area contributed by atoms with E-state index in [2.05, 4.69) is 10.0 Å². The molecule has 1 aromatic heterocycles. The second-order valence-electron chi connectivity index (χ2n) is 7.43. The van der Waals surface area contributed by atoms with Crippen molar-refractivity contribution >= 4 is 39.1 Å². The first-order chi connectivity index (χ1) is 16.5. The first-order valence-electron chi connectivity index (χ1n) is 10.6. The fourth-order valence-electron chi connectivity index (χ4n) is 3.53. The Morgan fingerprint density at radius 1 is 1.09 bits per heavy atom. The average Bonchev–Trinajstić information content (AvgIpc) is 3.37. The number of nitrogens with zero attached hydrogens (tertiary/aromatic N) is 1. The summed E-state index contributed by atoms with van der Waals surface area (Å²) in [6, 6.07) is 15.0. The lowest BCUT2D eigenvalue weighted by Crippen LogP contribution is -2.37. The number of benzene rings is 2. The van der Waals surface area contributed by atoms with E-state index >= 15 is 0 Å². The van der Waals surface area contributed by atoms with Gasteiger partial charge in [-0.3, -0.25) is 9.52 Å². The molecule has 178 valence electrons. The quantitative estimate of drug-likeness (QED) is 0.471. The highest BCUT2D eigenvalue weighted by Crippen LogP contribution is 2.33. The lowest BCUT2D eigenvalue weighted by molar-refractivity contribution is -0.111. The van der Waals surface area contributed by atoms with E-state index in [9.17, 15) is 13.2 Å². The average molecular weight is 484 g/mol. The van der Waals surface area contributed by atoms with Crippen LogP contribution in [0.5, 0.6) is 5.75 Å². The summed E-state index contributed by atoms with van der Waals surface area (Å²) in [7, 11) is -2.56. The second-order valence-corrected chi connectivity index (χ2v) is 9.08. The minimum atomic E-state index is -4.03. The Hall–Kier alpha value is -3.76. The van der Waals surface area contributed by atoms with Gasteiger partial charge in [-0.15, -0.1) is 0 Å². The maximum atomic E-state index is 13.5. The lowest BCUT2D eigenvalue weighted by Gasteiger charge is -2.30. The van der Waals surface area contributed by atoms with Crippen molar-refractivity contribution in [3.63, 3.8) is 0 Å². The monoisotopic (exact) mass is 483 g/mol. The van der Waals surface area contributed by atoms with E-state index in [4.69, 9.17) is 13.9 Å². The van der Waals surface area contributed by atoms with E-state index in [1.165, 1.54) is 31.6 Å². The number of carbonyl (C=O) groups is 1. The molecular formula is C24H25N3O6S. The molecule has 0 aliphatic carbocycles. The number of hydrogen-bond acceptors (Lipinski definition) is 7. The molecule has 1 amide bonds. The SMILES string of the molecule is COc1ccccc1NS(=O)(=O)c1cc(NC(=O)C=Cc2ccco2)ccc1N1CCOCC1. The van der Waals surface area contributed by atoms with E-state index in [1.807, 2.05) is 4.90 Å². The number of hydrogen-bond donors (Lipinski definition) is 2. The molecule has 0 atom stereocenters. The maximum absolute atomic E-state index is 13.5. The summed E-state index contributed by atoms with van der Waals surface area (Å²) in [5, 5.41) is 2.71. The predicted molar refractivity (Wildman–Crippen MR) is 130 cm³/mol. The summed E-state index contributed by atoms with van der Waals surface area (Å²) in [5.41, 5.74) is 1.18. The van der Waals surface area contributed by atoms with Crippen LogP contribution in [-0.2, 0) is 19.6 Å². The van der Waals surface area contributed by atoms with Gasteiger partial charge in [-0.25, -0.2) is 8.42 Å². The summed E-state index contributed by atoms with van der Waals surface area (Å²) in [6.45, 7) is 2.09. The van der Waals surface area contributed by atoms with Crippen molar-refractivity contribution in [3.8, 4) is 5.75 Å². The Labute approximate surface area is 198 Å². The molecule has 4 rings (SSSR count). The minimum Gasteiger partial charge on any atom is -0.495 e. The van der Waals surface area contributed by atoms with Gasteiger partial charge in [0.25, 0.3) is 10.0 Å². The number of amides is 1. The van der Waals surface area contributed by atoms with Crippen LogP contribution in [0.3, 0.4) is 0 Å². The fourth-order valence-corrected chi connectivity index (χ4v) is 4.85. The molecule has 0 spiro atoms. The number of methoxy groups -OCH3 is 1. The predicted octanol–water partition coefficient (Wildman–Crippen LogP) is 3.58. The third-order valence-electron chi connectivity index (χ3n) is 5.16. The van der Waals surface area contributed by atoms with Crippen molar-refractivity contribution in [2.45, 2.75) is 4.90 Å². The van der Waals surface area contributed by atoms with Crippen molar-refractivity contribution in [2.24, 2.45) is 0 Å². The topological polar surface area (TPSA) is 110 Å². The molecule has 1 fully saturated rings. The van der Waals surface area contributed by atoms with E-state index in [1.54, 1.807) is 48.5 Å². The van der Waals surface area contributed by atoms with Crippen LogP contribution in [0.15, 0.2) is 76.2 Å². The smallest absolute Gasteiger partial charge is 0.264 e. The van der Waals surface area contributed by atoms with Gasteiger partial charge in [0.1, 0.15) is 16.4 Å². The van der Waals surface area contributed by atoms with Crippen molar-refractivity contribution in [3.05, 3.63) is 72.7 Å². The van der Waals surface area contributed by atoms with Gasteiger partial charge in [-0.05, 0) is 48.5 Å². The van der Waals surface area contributed by atoms with Gasteiger partial charge >= 0.3 is 0 Å². The largest absolute Gasteiger partial charge is 0.495 e. The molecule has 9 nitrogen and oxygen atoms in total. The molecule has 0 radical (unpaired) electrons. The van der Waals surface area contributed by atoms with Crippen LogP contribution in [0.2, 0.25) is 0 Å². The zero-order valence-corrected chi connectivity index (χ0v) is 19.4. The van der Waals surface area contributed by atoms with Crippen LogP contribution in [-0.4, -0.2) is 47.7 Å². The number of furan rings is 1. The van der Waals surface area contributed by atoms with Gasteiger partial charge in [0.2, 0.25) is 5.91 Å². The van der Waals surface area contributed by atoms with Gasteiger partial charge in [0.05, 0.1) is 38.0 Å². The van der Waals surface area contributed by atoms with Crippen LogP contribution in [0, 0.1) is 0 Å². The minimum absolute atomic E-state index is 0.0353. The van der Waals surface area contributed by atoms with Crippen molar-refractivity contribution < 1.29 is 27.1 Å². The van der Waals surface area contributed by atoms with E-state index in [0.29, 0.717) is 54.9 Å². The Balaban J connectivity index is 1.65. The van der Waals surface area contributed by atoms with Crippen molar-refractivity contribution in [2.75, 3.05) is 48.4 Å². The molecule has 2 N–H and O–H groups in total. The molecule has 1 aliphatic heterocycles. The van der Waals surface area contributed by atoms with Crippen LogP contribution in [0.4, 0.5) is 17.1 Å². The third-order valence-corrected chi connectivity index (χ3v) is 6.56. The molecule has 3 aromatic rings. The van der Waals surface area contributed by atoms with E-state index in [0.717, 1.165) is 0 Å². The highest BCUT2D eigenvalue weighted by atomic mass is 32.2. The molecule has 0 bridgehead atoms. The molecule has 0 saturated carbocycles. The second kappa shape index (κ2) is 10.4. The number of nitrogens with one attached hydrogen (secondary N) is 2. The van der Waals surface area contributed by atoms with Crippen LogP contribution in [0.25, 0.3) is 6.08 Å².